The van der Waals surface area contributed by atoms with Gasteiger partial charge in [-0.25, -0.2) is 4.79 Å². The molecule has 1 aromatic carbocycles. The Morgan fingerprint density at radius 2 is 1.90 bits per heavy atom. The van der Waals surface area contributed by atoms with Gasteiger partial charge in [-0.15, -0.1) is 0 Å². The van der Waals surface area contributed by atoms with Gasteiger partial charge in [0.1, 0.15) is 11.5 Å². The Bertz CT molecular complexity index is 950. The van der Waals surface area contributed by atoms with E-state index >= 15 is 0 Å². The van der Waals surface area contributed by atoms with E-state index in [1.807, 2.05) is 6.07 Å². The topological polar surface area (TPSA) is 59.7 Å². The molecule has 0 radical (unpaired) electrons. The lowest BCUT2D eigenvalue weighted by atomic mass is 9.85. The van der Waals surface area contributed by atoms with Gasteiger partial charge in [-0.1, -0.05) is 30.7 Å². The molecule has 0 bridgehead atoms. The van der Waals surface area contributed by atoms with E-state index in [1.54, 1.807) is 0 Å². The maximum absolute atomic E-state index is 13.0. The molecule has 30 heavy (non-hydrogen) atoms. The van der Waals surface area contributed by atoms with Crippen LogP contribution in [0, 0.1) is 5.92 Å². The van der Waals surface area contributed by atoms with E-state index in [2.05, 4.69) is 18.2 Å². The van der Waals surface area contributed by atoms with Crippen LogP contribution in [0.4, 0.5) is 0 Å². The molecule has 1 aliphatic heterocycles. The van der Waals surface area contributed by atoms with Crippen LogP contribution in [0.25, 0.3) is 0 Å². The smallest absolute Gasteiger partial charge is 0.343 e. The molecule has 2 atom stereocenters. The normalized spacial score (nSPS) is 24.3. The molecule has 1 saturated heterocycles. The second-order valence-corrected chi connectivity index (χ2v) is 9.47. The standard InChI is InChI=1S/C26H32O4/c27-24-22-10-4-2-8-20(14-17-6-5-13-29-16-17)25(22)30-26(28)23(24)15-19-7-1-3-9-21(19)18-11-12-18/h1,3,7,9,17-18,20,27H,2,4-6,8,10-16H2. The zero-order valence-electron chi connectivity index (χ0n) is 17.7. The first kappa shape index (κ1) is 19.9. The summed E-state index contributed by atoms with van der Waals surface area (Å²) in [5, 5.41) is 11.2. The molecule has 0 spiro atoms. The number of hydrogen-bond donors (Lipinski definition) is 1. The lowest BCUT2D eigenvalue weighted by Crippen LogP contribution is -2.21. The number of aromatic hydroxyl groups is 1. The lowest BCUT2D eigenvalue weighted by molar-refractivity contribution is 0.0475. The van der Waals surface area contributed by atoms with E-state index in [0.29, 0.717) is 23.8 Å². The highest BCUT2D eigenvalue weighted by Gasteiger charge is 2.31. The number of benzene rings is 1. The Morgan fingerprint density at radius 1 is 1.03 bits per heavy atom. The molecule has 2 aromatic rings. The Hall–Kier alpha value is -2.07. The second kappa shape index (κ2) is 8.58. The Labute approximate surface area is 178 Å². The van der Waals surface area contributed by atoms with E-state index in [4.69, 9.17) is 9.15 Å². The minimum absolute atomic E-state index is 0.193. The van der Waals surface area contributed by atoms with E-state index in [0.717, 1.165) is 68.6 Å². The fourth-order valence-electron chi connectivity index (χ4n) is 5.47. The molecule has 160 valence electrons. The third kappa shape index (κ3) is 4.07. The number of ether oxygens (including phenoxy) is 1. The van der Waals surface area contributed by atoms with E-state index < -0.39 is 0 Å². The molecule has 2 heterocycles. The zero-order valence-corrected chi connectivity index (χ0v) is 17.7. The summed E-state index contributed by atoms with van der Waals surface area (Å²) in [5.41, 5.74) is 3.42. The minimum Gasteiger partial charge on any atom is -0.507 e. The molecule has 1 saturated carbocycles. The van der Waals surface area contributed by atoms with Gasteiger partial charge >= 0.3 is 5.63 Å². The van der Waals surface area contributed by atoms with Crippen molar-refractivity contribution < 1.29 is 14.3 Å². The van der Waals surface area contributed by atoms with Crippen molar-refractivity contribution in [1.29, 1.82) is 0 Å². The molecule has 1 aromatic heterocycles. The third-order valence-electron chi connectivity index (χ3n) is 7.23. The van der Waals surface area contributed by atoms with Gasteiger partial charge in [-0.3, -0.25) is 0 Å². The fourth-order valence-corrected chi connectivity index (χ4v) is 5.47. The number of fused-ring (bicyclic) bond motifs is 1. The average molecular weight is 409 g/mol. The van der Waals surface area contributed by atoms with Gasteiger partial charge < -0.3 is 14.3 Å². The van der Waals surface area contributed by atoms with Crippen LogP contribution in [0.15, 0.2) is 33.5 Å². The lowest BCUT2D eigenvalue weighted by Gasteiger charge is -2.26. The van der Waals surface area contributed by atoms with Crippen molar-refractivity contribution in [2.24, 2.45) is 5.92 Å². The fraction of sp³-hybridized carbons (Fsp3) is 0.577. The first-order chi connectivity index (χ1) is 14.7. The van der Waals surface area contributed by atoms with Gasteiger partial charge in [0.25, 0.3) is 0 Å². The SMILES string of the molecule is O=c1oc2c(c(O)c1Cc1ccccc1C1CC1)CCCCC2CC1CCCOC1. The summed E-state index contributed by atoms with van der Waals surface area (Å²) in [4.78, 5) is 13.0. The third-order valence-corrected chi connectivity index (χ3v) is 7.23. The first-order valence-corrected chi connectivity index (χ1v) is 11.7. The zero-order chi connectivity index (χ0) is 20.5. The Morgan fingerprint density at radius 3 is 2.70 bits per heavy atom. The van der Waals surface area contributed by atoms with Crippen molar-refractivity contribution in [3.05, 3.63) is 62.7 Å². The van der Waals surface area contributed by atoms with Crippen molar-refractivity contribution in [2.45, 2.75) is 76.0 Å². The van der Waals surface area contributed by atoms with Crippen LogP contribution in [0.2, 0.25) is 0 Å². The van der Waals surface area contributed by atoms with Gasteiger partial charge in [0, 0.05) is 31.1 Å². The highest BCUT2D eigenvalue weighted by atomic mass is 16.5. The van der Waals surface area contributed by atoms with Crippen LogP contribution in [0.5, 0.6) is 5.75 Å². The van der Waals surface area contributed by atoms with E-state index in [-0.39, 0.29) is 17.3 Å². The molecular weight excluding hydrogens is 376 g/mol. The quantitative estimate of drug-likeness (QED) is 0.669. The van der Waals surface area contributed by atoms with E-state index in [9.17, 15) is 9.90 Å². The molecule has 4 heteroatoms. The minimum atomic E-state index is -0.358. The van der Waals surface area contributed by atoms with Crippen LogP contribution in [-0.4, -0.2) is 18.3 Å². The summed E-state index contributed by atoms with van der Waals surface area (Å²) in [7, 11) is 0. The number of hydrogen-bond acceptors (Lipinski definition) is 4. The van der Waals surface area contributed by atoms with Crippen molar-refractivity contribution in [3.8, 4) is 5.75 Å². The second-order valence-electron chi connectivity index (χ2n) is 9.47. The average Bonchev–Trinajstić information content (AvgIpc) is 3.61. The van der Waals surface area contributed by atoms with Crippen molar-refractivity contribution in [2.75, 3.05) is 13.2 Å². The molecule has 1 N–H and O–H groups in total. The summed E-state index contributed by atoms with van der Waals surface area (Å²) in [5.74, 6) is 2.28. The van der Waals surface area contributed by atoms with Crippen LogP contribution in [0.1, 0.15) is 91.2 Å². The molecule has 3 aliphatic rings. The van der Waals surface area contributed by atoms with Crippen molar-refractivity contribution in [1.82, 2.24) is 0 Å². The highest BCUT2D eigenvalue weighted by Crippen LogP contribution is 2.43. The summed E-state index contributed by atoms with van der Waals surface area (Å²) >= 11 is 0. The summed E-state index contributed by atoms with van der Waals surface area (Å²) in [6.07, 6.45) is 10.1. The molecule has 4 nitrogen and oxygen atoms in total. The van der Waals surface area contributed by atoms with Crippen LogP contribution in [0.3, 0.4) is 0 Å². The molecule has 2 unspecified atom stereocenters. The summed E-state index contributed by atoms with van der Waals surface area (Å²) in [6, 6.07) is 8.34. The molecule has 5 rings (SSSR count). The molecule has 2 aliphatic carbocycles. The molecular formula is C26H32O4. The van der Waals surface area contributed by atoms with Crippen LogP contribution < -0.4 is 5.63 Å². The van der Waals surface area contributed by atoms with Crippen molar-refractivity contribution in [3.63, 3.8) is 0 Å². The predicted molar refractivity (Wildman–Crippen MR) is 116 cm³/mol. The summed E-state index contributed by atoms with van der Waals surface area (Å²) < 4.78 is 11.6. The van der Waals surface area contributed by atoms with Gasteiger partial charge in [0.15, 0.2) is 0 Å². The van der Waals surface area contributed by atoms with Crippen LogP contribution >= 0.6 is 0 Å². The van der Waals surface area contributed by atoms with Gasteiger partial charge in [0.2, 0.25) is 0 Å². The van der Waals surface area contributed by atoms with E-state index in [1.165, 1.54) is 24.8 Å². The van der Waals surface area contributed by atoms with Crippen molar-refractivity contribution >= 4 is 0 Å². The monoisotopic (exact) mass is 408 g/mol. The molecule has 2 fully saturated rings. The van der Waals surface area contributed by atoms with Crippen LogP contribution in [-0.2, 0) is 17.6 Å². The predicted octanol–water partition coefficient (Wildman–Crippen LogP) is 5.44. The largest absolute Gasteiger partial charge is 0.507 e. The van der Waals surface area contributed by atoms with Gasteiger partial charge in [0.05, 0.1) is 5.56 Å². The highest BCUT2D eigenvalue weighted by molar-refractivity contribution is 5.46. The number of rotatable bonds is 5. The maximum Gasteiger partial charge on any atom is 0.343 e. The Balaban J connectivity index is 1.47. The Kier molecular flexibility index (Phi) is 5.68. The summed E-state index contributed by atoms with van der Waals surface area (Å²) in [6.45, 7) is 1.66. The first-order valence-electron chi connectivity index (χ1n) is 11.7. The van der Waals surface area contributed by atoms with Gasteiger partial charge in [-0.2, -0.15) is 0 Å². The maximum atomic E-state index is 13.0. The van der Waals surface area contributed by atoms with Gasteiger partial charge in [-0.05, 0) is 74.3 Å². The molecule has 0 amide bonds.